The summed E-state index contributed by atoms with van der Waals surface area (Å²) in [6.45, 7) is 5.63. The van der Waals surface area contributed by atoms with E-state index in [-0.39, 0.29) is 12.5 Å². The lowest BCUT2D eigenvalue weighted by Gasteiger charge is -2.34. The Morgan fingerprint density at radius 1 is 1.29 bits per heavy atom. The number of ether oxygens (including phenoxy) is 3. The quantitative estimate of drug-likeness (QED) is 0.773. The molecule has 2 rings (SSSR count). The summed E-state index contributed by atoms with van der Waals surface area (Å²) < 4.78 is 16.6. The first kappa shape index (κ1) is 18.5. The SMILES string of the molecule is CC[C@@H]1CCC(C)(C)OC(=O)C1(COC(=O)c1ccccc1)OC. The van der Waals surface area contributed by atoms with Gasteiger partial charge >= 0.3 is 11.9 Å². The van der Waals surface area contributed by atoms with Crippen LogP contribution in [0, 0.1) is 5.92 Å². The summed E-state index contributed by atoms with van der Waals surface area (Å²) in [5, 5.41) is 0. The van der Waals surface area contributed by atoms with Crippen LogP contribution in [0.15, 0.2) is 30.3 Å². The van der Waals surface area contributed by atoms with Gasteiger partial charge in [-0.05, 0) is 45.2 Å². The van der Waals surface area contributed by atoms with Gasteiger partial charge in [-0.25, -0.2) is 9.59 Å². The van der Waals surface area contributed by atoms with E-state index in [0.29, 0.717) is 5.56 Å². The van der Waals surface area contributed by atoms with Gasteiger partial charge in [-0.15, -0.1) is 0 Å². The Kier molecular flexibility index (Phi) is 5.65. The summed E-state index contributed by atoms with van der Waals surface area (Å²) in [6.07, 6.45) is 2.25. The van der Waals surface area contributed by atoms with Gasteiger partial charge in [0, 0.05) is 13.0 Å². The molecule has 0 aliphatic carbocycles. The molecule has 5 nitrogen and oxygen atoms in total. The van der Waals surface area contributed by atoms with E-state index >= 15 is 0 Å². The molecule has 1 saturated heterocycles. The molecule has 1 aliphatic rings. The van der Waals surface area contributed by atoms with E-state index in [2.05, 4.69) is 0 Å². The van der Waals surface area contributed by atoms with Crippen LogP contribution in [-0.4, -0.2) is 36.9 Å². The molecule has 132 valence electrons. The minimum Gasteiger partial charge on any atom is -0.458 e. The van der Waals surface area contributed by atoms with E-state index in [4.69, 9.17) is 14.2 Å². The number of esters is 2. The average molecular weight is 334 g/mol. The predicted molar refractivity (Wildman–Crippen MR) is 89.7 cm³/mol. The summed E-state index contributed by atoms with van der Waals surface area (Å²) in [5.41, 5.74) is -1.36. The van der Waals surface area contributed by atoms with Crippen LogP contribution in [0.25, 0.3) is 0 Å². The minimum atomic E-state index is -1.26. The number of methoxy groups -OCH3 is 1. The van der Waals surface area contributed by atoms with Gasteiger partial charge in [-0.3, -0.25) is 0 Å². The lowest BCUT2D eigenvalue weighted by Crippen LogP contribution is -2.52. The van der Waals surface area contributed by atoms with Crippen LogP contribution in [0.4, 0.5) is 0 Å². The molecule has 5 heteroatoms. The molecule has 0 aromatic heterocycles. The Morgan fingerprint density at radius 3 is 2.54 bits per heavy atom. The van der Waals surface area contributed by atoms with Crippen molar-refractivity contribution in [3.05, 3.63) is 35.9 Å². The molecule has 1 aliphatic heterocycles. The lowest BCUT2D eigenvalue weighted by atomic mass is 9.82. The first-order valence-corrected chi connectivity index (χ1v) is 8.35. The molecule has 1 aromatic carbocycles. The maximum absolute atomic E-state index is 12.8. The third-order valence-corrected chi connectivity index (χ3v) is 4.75. The van der Waals surface area contributed by atoms with Gasteiger partial charge < -0.3 is 14.2 Å². The van der Waals surface area contributed by atoms with Gasteiger partial charge in [0.1, 0.15) is 12.2 Å². The number of carbonyl (C=O) groups excluding carboxylic acids is 2. The Hall–Kier alpha value is -1.88. The summed E-state index contributed by atoms with van der Waals surface area (Å²) >= 11 is 0. The number of cyclic esters (lactones) is 1. The average Bonchev–Trinajstić information content (AvgIpc) is 2.67. The number of carbonyl (C=O) groups is 2. The van der Waals surface area contributed by atoms with Crippen molar-refractivity contribution < 1.29 is 23.8 Å². The monoisotopic (exact) mass is 334 g/mol. The van der Waals surface area contributed by atoms with Crippen LogP contribution in [0.1, 0.15) is 50.4 Å². The second-order valence-electron chi connectivity index (χ2n) is 6.83. The summed E-state index contributed by atoms with van der Waals surface area (Å²) in [7, 11) is 1.47. The van der Waals surface area contributed by atoms with Gasteiger partial charge in [-0.1, -0.05) is 25.1 Å². The predicted octanol–water partition coefficient (Wildman–Crippen LogP) is 3.37. The van der Waals surface area contributed by atoms with Crippen LogP contribution in [0.3, 0.4) is 0 Å². The van der Waals surface area contributed by atoms with Gasteiger partial charge in [0.05, 0.1) is 5.56 Å². The maximum Gasteiger partial charge on any atom is 0.342 e. The van der Waals surface area contributed by atoms with Gasteiger partial charge in [0.2, 0.25) is 5.60 Å². The molecule has 0 N–H and O–H groups in total. The van der Waals surface area contributed by atoms with E-state index in [9.17, 15) is 9.59 Å². The molecule has 2 atom stereocenters. The van der Waals surface area contributed by atoms with Crippen LogP contribution in [-0.2, 0) is 19.0 Å². The standard InChI is InChI=1S/C19H26O5/c1-5-15-11-12-18(2,3)24-17(21)19(15,22-4)13-23-16(20)14-9-7-6-8-10-14/h6-10,15H,5,11-13H2,1-4H3/t15-,19?/m1/s1. The lowest BCUT2D eigenvalue weighted by molar-refractivity contribution is -0.189. The van der Waals surface area contributed by atoms with Crippen molar-refractivity contribution >= 4 is 11.9 Å². The number of benzene rings is 1. The minimum absolute atomic E-state index is 0.0691. The highest BCUT2D eigenvalue weighted by atomic mass is 16.6. The smallest absolute Gasteiger partial charge is 0.342 e. The summed E-state index contributed by atoms with van der Waals surface area (Å²) in [6, 6.07) is 8.70. The molecule has 1 fully saturated rings. The normalized spacial score (nSPS) is 26.3. The molecule has 24 heavy (non-hydrogen) atoms. The number of hydrogen-bond acceptors (Lipinski definition) is 5. The third-order valence-electron chi connectivity index (χ3n) is 4.75. The zero-order chi connectivity index (χ0) is 17.8. The van der Waals surface area contributed by atoms with Gasteiger partial charge in [-0.2, -0.15) is 0 Å². The fraction of sp³-hybridized carbons (Fsp3) is 0.579. The van der Waals surface area contributed by atoms with E-state index in [0.717, 1.165) is 19.3 Å². The Morgan fingerprint density at radius 2 is 1.96 bits per heavy atom. The van der Waals surface area contributed by atoms with E-state index in [1.165, 1.54) is 7.11 Å². The van der Waals surface area contributed by atoms with Crippen molar-refractivity contribution in [1.82, 2.24) is 0 Å². The van der Waals surface area contributed by atoms with E-state index < -0.39 is 23.1 Å². The fourth-order valence-electron chi connectivity index (χ4n) is 3.16. The second-order valence-corrected chi connectivity index (χ2v) is 6.83. The number of rotatable bonds is 5. The highest BCUT2D eigenvalue weighted by Crippen LogP contribution is 2.38. The highest BCUT2D eigenvalue weighted by molar-refractivity contribution is 5.90. The van der Waals surface area contributed by atoms with Crippen LogP contribution >= 0.6 is 0 Å². The van der Waals surface area contributed by atoms with Gasteiger partial charge in [0.25, 0.3) is 0 Å². The molecule has 0 radical (unpaired) electrons. The Balaban J connectivity index is 2.21. The first-order chi connectivity index (χ1) is 11.3. The Bertz CT molecular complexity index is 581. The molecule has 0 amide bonds. The van der Waals surface area contributed by atoms with Crippen LogP contribution in [0.2, 0.25) is 0 Å². The fourth-order valence-corrected chi connectivity index (χ4v) is 3.16. The van der Waals surface area contributed by atoms with E-state index in [1.54, 1.807) is 24.3 Å². The zero-order valence-corrected chi connectivity index (χ0v) is 14.8. The molecule has 1 aromatic rings. The van der Waals surface area contributed by atoms with Gasteiger partial charge in [0.15, 0.2) is 0 Å². The molecule has 1 unspecified atom stereocenters. The number of hydrogen-bond donors (Lipinski definition) is 0. The zero-order valence-electron chi connectivity index (χ0n) is 14.8. The maximum atomic E-state index is 12.8. The van der Waals surface area contributed by atoms with Crippen molar-refractivity contribution in [3.8, 4) is 0 Å². The summed E-state index contributed by atoms with van der Waals surface area (Å²) in [5.74, 6) is -1.00. The molecular formula is C19H26O5. The molecule has 0 saturated carbocycles. The van der Waals surface area contributed by atoms with Crippen molar-refractivity contribution in [2.45, 2.75) is 51.2 Å². The Labute approximate surface area is 143 Å². The molecule has 0 spiro atoms. The molecular weight excluding hydrogens is 308 g/mol. The second kappa shape index (κ2) is 7.34. The largest absolute Gasteiger partial charge is 0.458 e. The first-order valence-electron chi connectivity index (χ1n) is 8.35. The van der Waals surface area contributed by atoms with Crippen molar-refractivity contribution in [1.29, 1.82) is 0 Å². The van der Waals surface area contributed by atoms with Crippen LogP contribution < -0.4 is 0 Å². The van der Waals surface area contributed by atoms with Crippen molar-refractivity contribution in [2.75, 3.05) is 13.7 Å². The van der Waals surface area contributed by atoms with Crippen LogP contribution in [0.5, 0.6) is 0 Å². The third kappa shape index (κ3) is 3.78. The topological polar surface area (TPSA) is 61.8 Å². The molecule has 0 bridgehead atoms. The van der Waals surface area contributed by atoms with E-state index in [1.807, 2.05) is 26.8 Å². The van der Waals surface area contributed by atoms with Crippen molar-refractivity contribution in [2.24, 2.45) is 5.92 Å². The molecule has 1 heterocycles. The van der Waals surface area contributed by atoms with Crippen molar-refractivity contribution in [3.63, 3.8) is 0 Å². The highest BCUT2D eigenvalue weighted by Gasteiger charge is 2.52. The summed E-state index contributed by atoms with van der Waals surface area (Å²) in [4.78, 5) is 25.0.